The van der Waals surface area contributed by atoms with Gasteiger partial charge in [-0.1, -0.05) is 61.9 Å². The summed E-state index contributed by atoms with van der Waals surface area (Å²) in [5.41, 5.74) is 4.12. The van der Waals surface area contributed by atoms with E-state index >= 15 is 0 Å². The number of pyridine rings is 1. The van der Waals surface area contributed by atoms with Crippen molar-refractivity contribution in [3.05, 3.63) is 77.6 Å². The van der Waals surface area contributed by atoms with Crippen LogP contribution in [0.3, 0.4) is 0 Å². The Kier molecular flexibility index (Phi) is 6.00. The fraction of sp³-hybridized carbons (Fsp3) is 0.182. The van der Waals surface area contributed by atoms with E-state index in [1.807, 2.05) is 36.4 Å². The summed E-state index contributed by atoms with van der Waals surface area (Å²) in [6.07, 6.45) is 1.62. The SMILES string of the molecule is CCCc1nc(C(=O)[O-])cc2c3ccccc3n(Cc3ccccc3)c12.[Na+]. The number of carbonyl (C=O) groups is 1. The second-order valence-corrected chi connectivity index (χ2v) is 6.48. The van der Waals surface area contributed by atoms with Crippen LogP contribution in [0.1, 0.15) is 35.1 Å². The number of hydrogen-bond acceptors (Lipinski definition) is 3. The number of aromatic carboxylic acids is 1. The van der Waals surface area contributed by atoms with Crippen LogP contribution in [0.15, 0.2) is 60.7 Å². The smallest absolute Gasteiger partial charge is 0.543 e. The first-order chi connectivity index (χ1) is 12.7. The van der Waals surface area contributed by atoms with Crippen LogP contribution in [0.2, 0.25) is 0 Å². The van der Waals surface area contributed by atoms with E-state index in [-0.39, 0.29) is 35.3 Å². The van der Waals surface area contributed by atoms with Crippen molar-refractivity contribution in [1.82, 2.24) is 9.55 Å². The summed E-state index contributed by atoms with van der Waals surface area (Å²) >= 11 is 0. The number of aryl methyl sites for hydroxylation is 1. The summed E-state index contributed by atoms with van der Waals surface area (Å²) in [5, 5.41) is 13.4. The van der Waals surface area contributed by atoms with E-state index < -0.39 is 5.97 Å². The number of rotatable bonds is 5. The van der Waals surface area contributed by atoms with Crippen LogP contribution in [0.5, 0.6) is 0 Å². The molecule has 0 amide bonds. The van der Waals surface area contributed by atoms with Gasteiger partial charge in [0.15, 0.2) is 0 Å². The molecule has 0 aliphatic rings. The maximum Gasteiger partial charge on any atom is 1.00 e. The quantitative estimate of drug-likeness (QED) is 0.485. The first-order valence-electron chi connectivity index (χ1n) is 8.85. The zero-order chi connectivity index (χ0) is 18.1. The monoisotopic (exact) mass is 366 g/mol. The minimum Gasteiger partial charge on any atom is -0.543 e. The average molecular weight is 366 g/mol. The molecule has 0 bridgehead atoms. The fourth-order valence-electron chi connectivity index (χ4n) is 3.60. The normalized spacial score (nSPS) is 10.9. The Bertz CT molecular complexity index is 1100. The molecule has 0 spiro atoms. The molecule has 0 aliphatic carbocycles. The molecule has 0 unspecified atom stereocenters. The molecule has 0 radical (unpaired) electrons. The Morgan fingerprint density at radius 1 is 1.04 bits per heavy atom. The summed E-state index contributed by atoms with van der Waals surface area (Å²) in [6, 6.07) is 20.0. The summed E-state index contributed by atoms with van der Waals surface area (Å²) in [5.74, 6) is -1.23. The first-order valence-corrected chi connectivity index (χ1v) is 8.85. The number of carbonyl (C=O) groups excluding carboxylic acids is 1. The van der Waals surface area contributed by atoms with Crippen molar-refractivity contribution in [3.63, 3.8) is 0 Å². The van der Waals surface area contributed by atoms with E-state index in [1.165, 1.54) is 5.56 Å². The molecule has 2 aromatic carbocycles. The first kappa shape index (κ1) is 19.6. The van der Waals surface area contributed by atoms with E-state index in [0.717, 1.165) is 40.3 Å². The second-order valence-electron chi connectivity index (χ2n) is 6.48. The zero-order valence-corrected chi connectivity index (χ0v) is 17.6. The molecule has 130 valence electrons. The van der Waals surface area contributed by atoms with E-state index in [1.54, 1.807) is 6.07 Å². The van der Waals surface area contributed by atoms with Crippen LogP contribution in [0, 0.1) is 0 Å². The number of para-hydroxylation sites is 1. The molecule has 5 heteroatoms. The molecule has 4 aromatic rings. The molecule has 0 saturated carbocycles. The third kappa shape index (κ3) is 3.65. The molecule has 4 nitrogen and oxygen atoms in total. The van der Waals surface area contributed by atoms with Gasteiger partial charge in [0.05, 0.1) is 22.9 Å². The van der Waals surface area contributed by atoms with Crippen LogP contribution >= 0.6 is 0 Å². The molecule has 0 N–H and O–H groups in total. The predicted octanol–water partition coefficient (Wildman–Crippen LogP) is 0.558. The van der Waals surface area contributed by atoms with Gasteiger partial charge in [-0.2, -0.15) is 0 Å². The van der Waals surface area contributed by atoms with Crippen molar-refractivity contribution < 1.29 is 39.5 Å². The summed E-state index contributed by atoms with van der Waals surface area (Å²) in [6.45, 7) is 2.79. The van der Waals surface area contributed by atoms with Crippen molar-refractivity contribution in [3.8, 4) is 0 Å². The van der Waals surface area contributed by atoms with Gasteiger partial charge in [0.2, 0.25) is 0 Å². The van der Waals surface area contributed by atoms with Gasteiger partial charge in [0.1, 0.15) is 0 Å². The molecule has 0 saturated heterocycles. The van der Waals surface area contributed by atoms with Crippen LogP contribution < -0.4 is 34.7 Å². The number of hydrogen-bond donors (Lipinski definition) is 0. The van der Waals surface area contributed by atoms with E-state index in [0.29, 0.717) is 6.54 Å². The maximum absolute atomic E-state index is 11.5. The number of nitrogens with zero attached hydrogens (tertiary/aromatic N) is 2. The van der Waals surface area contributed by atoms with Gasteiger partial charge in [-0.15, -0.1) is 0 Å². The van der Waals surface area contributed by atoms with Crippen molar-refractivity contribution in [2.24, 2.45) is 0 Å². The van der Waals surface area contributed by atoms with Crippen LogP contribution in [-0.4, -0.2) is 15.5 Å². The second kappa shape index (κ2) is 8.26. The Balaban J connectivity index is 0.00000210. The Morgan fingerprint density at radius 2 is 1.74 bits per heavy atom. The minimum atomic E-state index is -1.23. The largest absolute Gasteiger partial charge is 1.00 e. The number of aromatic nitrogens is 2. The van der Waals surface area contributed by atoms with E-state index in [2.05, 4.69) is 34.7 Å². The Hall–Kier alpha value is -2.14. The topological polar surface area (TPSA) is 57.9 Å². The van der Waals surface area contributed by atoms with E-state index in [4.69, 9.17) is 0 Å². The fourth-order valence-corrected chi connectivity index (χ4v) is 3.60. The van der Waals surface area contributed by atoms with Gasteiger partial charge in [-0.25, -0.2) is 4.98 Å². The van der Waals surface area contributed by atoms with E-state index in [9.17, 15) is 9.90 Å². The van der Waals surface area contributed by atoms with Gasteiger partial charge in [0.25, 0.3) is 0 Å². The van der Waals surface area contributed by atoms with Crippen molar-refractivity contribution in [2.75, 3.05) is 0 Å². The summed E-state index contributed by atoms with van der Waals surface area (Å²) in [4.78, 5) is 15.9. The molecule has 2 heterocycles. The van der Waals surface area contributed by atoms with Gasteiger partial charge < -0.3 is 14.5 Å². The molecule has 4 rings (SSSR count). The third-order valence-electron chi connectivity index (χ3n) is 4.70. The Morgan fingerprint density at radius 3 is 2.44 bits per heavy atom. The number of carboxylic acids is 1. The van der Waals surface area contributed by atoms with Crippen molar-refractivity contribution in [1.29, 1.82) is 0 Å². The molecule has 0 aliphatic heterocycles. The van der Waals surface area contributed by atoms with Gasteiger partial charge in [-0.3, -0.25) is 0 Å². The van der Waals surface area contributed by atoms with Gasteiger partial charge in [-0.05, 0) is 24.1 Å². The average Bonchev–Trinajstić information content (AvgIpc) is 2.97. The maximum atomic E-state index is 11.5. The van der Waals surface area contributed by atoms with Gasteiger partial charge in [0, 0.05) is 22.8 Å². The summed E-state index contributed by atoms with van der Waals surface area (Å²) < 4.78 is 2.25. The Labute approximate surface area is 180 Å². The third-order valence-corrected chi connectivity index (χ3v) is 4.70. The molecule has 27 heavy (non-hydrogen) atoms. The molecular formula is C22H19N2NaO2. The zero-order valence-electron chi connectivity index (χ0n) is 15.6. The number of carboxylic acid groups (broad SMARTS) is 1. The predicted molar refractivity (Wildman–Crippen MR) is 101 cm³/mol. The van der Waals surface area contributed by atoms with Crippen LogP contribution in [0.25, 0.3) is 21.8 Å². The van der Waals surface area contributed by atoms with Crippen molar-refractivity contribution >= 4 is 27.8 Å². The number of benzene rings is 2. The molecule has 2 aromatic heterocycles. The number of fused-ring (bicyclic) bond motifs is 3. The summed E-state index contributed by atoms with van der Waals surface area (Å²) in [7, 11) is 0. The molecular weight excluding hydrogens is 347 g/mol. The van der Waals surface area contributed by atoms with Crippen LogP contribution in [-0.2, 0) is 13.0 Å². The minimum absolute atomic E-state index is 0. The van der Waals surface area contributed by atoms with Gasteiger partial charge >= 0.3 is 29.6 Å². The van der Waals surface area contributed by atoms with Crippen molar-refractivity contribution in [2.45, 2.75) is 26.3 Å². The molecule has 0 fully saturated rings. The standard InChI is InChI=1S/C22H20N2O2.Na/c1-2-8-18-21-17(13-19(23-18)22(25)26)16-11-6-7-12-20(16)24(21)14-15-9-4-3-5-10-15;/h3-7,9-13H,2,8,14H2,1H3,(H,25,26);/q;+1/p-1. The van der Waals surface area contributed by atoms with Crippen LogP contribution in [0.4, 0.5) is 0 Å². The molecule has 0 atom stereocenters.